The van der Waals surface area contributed by atoms with Crippen LogP contribution in [0.3, 0.4) is 0 Å². The molecule has 1 aliphatic heterocycles. The zero-order chi connectivity index (χ0) is 11.6. The van der Waals surface area contributed by atoms with Crippen molar-refractivity contribution in [2.45, 2.75) is 25.4 Å². The molecule has 2 atom stereocenters. The number of nitrogens with zero attached hydrogens (tertiary/aromatic N) is 1. The second-order valence-electron chi connectivity index (χ2n) is 4.84. The smallest absolute Gasteiger partial charge is 0.362 e. The number of benzene rings is 1. The molecule has 16 heavy (non-hydrogen) atoms. The number of carboxylic acids is 1. The Balaban J connectivity index is 2.16. The van der Waals surface area contributed by atoms with E-state index in [0.717, 1.165) is 25.9 Å². The second-order valence-corrected chi connectivity index (χ2v) is 4.84. The summed E-state index contributed by atoms with van der Waals surface area (Å²) in [5.41, 5.74) is 1.22. The van der Waals surface area contributed by atoms with Crippen LogP contribution >= 0.6 is 0 Å². The molecule has 3 heteroatoms. The van der Waals surface area contributed by atoms with E-state index in [1.165, 1.54) is 5.56 Å². The second kappa shape index (κ2) is 4.26. The fraction of sp³-hybridized carbons (Fsp3) is 0.462. The summed E-state index contributed by atoms with van der Waals surface area (Å²) in [4.78, 5) is 11.2. The van der Waals surface area contributed by atoms with Crippen LogP contribution < -0.4 is 0 Å². The zero-order valence-corrected chi connectivity index (χ0v) is 9.60. The van der Waals surface area contributed by atoms with Crippen LogP contribution in [0, 0.1) is 0 Å². The maximum atomic E-state index is 11.2. The van der Waals surface area contributed by atoms with Crippen molar-refractivity contribution < 1.29 is 14.4 Å². The minimum atomic E-state index is -0.657. The molecule has 86 valence electrons. The van der Waals surface area contributed by atoms with Crippen LogP contribution in [0.15, 0.2) is 30.3 Å². The lowest BCUT2D eigenvalue weighted by atomic mass is 10.1. The van der Waals surface area contributed by atoms with Crippen molar-refractivity contribution in [1.29, 1.82) is 0 Å². The molecule has 0 amide bonds. The van der Waals surface area contributed by atoms with Gasteiger partial charge in [-0.3, -0.25) is 0 Å². The standard InChI is InChI=1S/C13H17NO2/c1-14(9-5-8-12(14)13(15)16)10-11-6-3-2-4-7-11/h2-4,6-7,12H,5,8-10H2,1H3/p+1/t12?,14-/m1/s1. The highest BCUT2D eigenvalue weighted by Crippen LogP contribution is 2.27. The Morgan fingerprint density at radius 2 is 2.12 bits per heavy atom. The first-order valence-corrected chi connectivity index (χ1v) is 5.73. The number of carbonyl (C=O) groups is 1. The first-order valence-electron chi connectivity index (χ1n) is 5.73. The lowest BCUT2D eigenvalue weighted by Crippen LogP contribution is -2.50. The van der Waals surface area contributed by atoms with Gasteiger partial charge in [0, 0.05) is 18.4 Å². The van der Waals surface area contributed by atoms with E-state index >= 15 is 0 Å². The highest BCUT2D eigenvalue weighted by Gasteiger charge is 2.42. The number of carboxylic acid groups (broad SMARTS) is 1. The van der Waals surface area contributed by atoms with E-state index in [-0.39, 0.29) is 6.04 Å². The maximum Gasteiger partial charge on any atom is 0.362 e. The molecule has 1 fully saturated rings. The van der Waals surface area contributed by atoms with E-state index in [4.69, 9.17) is 0 Å². The van der Waals surface area contributed by atoms with Crippen LogP contribution in [0.25, 0.3) is 0 Å². The lowest BCUT2D eigenvalue weighted by Gasteiger charge is -2.33. The van der Waals surface area contributed by atoms with E-state index in [1.54, 1.807) is 0 Å². The molecule has 0 aromatic heterocycles. The minimum absolute atomic E-state index is 0.236. The van der Waals surface area contributed by atoms with Crippen LogP contribution in [0.5, 0.6) is 0 Å². The highest BCUT2D eigenvalue weighted by atomic mass is 16.4. The molecule has 1 N–H and O–H groups in total. The van der Waals surface area contributed by atoms with E-state index in [0.29, 0.717) is 4.48 Å². The Kier molecular flexibility index (Phi) is 2.97. The average molecular weight is 220 g/mol. The fourth-order valence-corrected chi connectivity index (χ4v) is 2.69. The quantitative estimate of drug-likeness (QED) is 0.790. The van der Waals surface area contributed by atoms with Gasteiger partial charge in [0.2, 0.25) is 0 Å². The van der Waals surface area contributed by atoms with E-state index in [9.17, 15) is 9.90 Å². The van der Waals surface area contributed by atoms with E-state index < -0.39 is 5.97 Å². The number of likely N-dealkylation sites (N-methyl/N-ethyl adjacent to an activating group) is 1. The van der Waals surface area contributed by atoms with E-state index in [1.807, 2.05) is 18.2 Å². The number of likely N-dealkylation sites (tertiary alicyclic amines) is 1. The number of aliphatic carboxylic acids is 1. The molecule has 1 aliphatic rings. The molecule has 0 aliphatic carbocycles. The van der Waals surface area contributed by atoms with Crippen molar-refractivity contribution >= 4 is 5.97 Å². The Hall–Kier alpha value is -1.35. The summed E-state index contributed by atoms with van der Waals surface area (Å²) < 4.78 is 0.638. The summed E-state index contributed by atoms with van der Waals surface area (Å²) in [5, 5.41) is 9.21. The van der Waals surface area contributed by atoms with Crippen LogP contribution in [0.4, 0.5) is 0 Å². The summed E-state index contributed by atoms with van der Waals surface area (Å²) in [6.07, 6.45) is 1.82. The molecular weight excluding hydrogens is 202 g/mol. The molecule has 1 saturated heterocycles. The molecule has 0 radical (unpaired) electrons. The van der Waals surface area contributed by atoms with Gasteiger partial charge in [0.05, 0.1) is 13.6 Å². The number of hydrogen-bond donors (Lipinski definition) is 1. The molecule has 0 bridgehead atoms. The van der Waals surface area contributed by atoms with Gasteiger partial charge in [-0.2, -0.15) is 0 Å². The third-order valence-electron chi connectivity index (χ3n) is 3.57. The Labute approximate surface area is 95.9 Å². The van der Waals surface area contributed by atoms with Crippen molar-refractivity contribution in [2.24, 2.45) is 0 Å². The average Bonchev–Trinajstić information content (AvgIpc) is 2.61. The van der Waals surface area contributed by atoms with Gasteiger partial charge in [-0.05, 0) is 0 Å². The Bertz CT molecular complexity index is 377. The maximum absolute atomic E-state index is 11.2. The highest BCUT2D eigenvalue weighted by molar-refractivity contribution is 5.72. The molecule has 2 rings (SSSR count). The molecule has 3 nitrogen and oxygen atoms in total. The Morgan fingerprint density at radius 1 is 1.44 bits per heavy atom. The number of rotatable bonds is 3. The van der Waals surface area contributed by atoms with Crippen LogP contribution in [-0.2, 0) is 11.3 Å². The summed E-state index contributed by atoms with van der Waals surface area (Å²) in [6.45, 7) is 1.78. The van der Waals surface area contributed by atoms with Gasteiger partial charge in [0.15, 0.2) is 6.04 Å². The third-order valence-corrected chi connectivity index (χ3v) is 3.57. The predicted molar refractivity (Wildman–Crippen MR) is 61.9 cm³/mol. The lowest BCUT2D eigenvalue weighted by molar-refractivity contribution is -0.926. The largest absolute Gasteiger partial charge is 0.477 e. The predicted octanol–water partition coefficient (Wildman–Crippen LogP) is 1.88. The SMILES string of the molecule is C[N@+]1(Cc2ccccc2)CCCC1C(=O)O. The van der Waals surface area contributed by atoms with Gasteiger partial charge in [-0.15, -0.1) is 0 Å². The van der Waals surface area contributed by atoms with E-state index in [2.05, 4.69) is 19.2 Å². The van der Waals surface area contributed by atoms with Gasteiger partial charge in [0.1, 0.15) is 6.54 Å². The van der Waals surface area contributed by atoms with Crippen LogP contribution in [0.1, 0.15) is 18.4 Å². The molecule has 1 heterocycles. The van der Waals surface area contributed by atoms with Crippen molar-refractivity contribution in [3.8, 4) is 0 Å². The van der Waals surface area contributed by atoms with Crippen molar-refractivity contribution in [1.82, 2.24) is 0 Å². The zero-order valence-electron chi connectivity index (χ0n) is 9.60. The molecule has 0 spiro atoms. The van der Waals surface area contributed by atoms with Gasteiger partial charge in [0.25, 0.3) is 0 Å². The fourth-order valence-electron chi connectivity index (χ4n) is 2.69. The van der Waals surface area contributed by atoms with Crippen LogP contribution in [-0.4, -0.2) is 35.2 Å². The molecule has 1 aromatic rings. The van der Waals surface area contributed by atoms with Crippen molar-refractivity contribution in [2.75, 3.05) is 13.6 Å². The molecular formula is C13H18NO2+. The topological polar surface area (TPSA) is 37.3 Å². The van der Waals surface area contributed by atoms with Gasteiger partial charge in [-0.1, -0.05) is 30.3 Å². The van der Waals surface area contributed by atoms with Gasteiger partial charge >= 0.3 is 5.97 Å². The monoisotopic (exact) mass is 220 g/mol. The summed E-state index contributed by atoms with van der Waals surface area (Å²) >= 11 is 0. The van der Waals surface area contributed by atoms with Crippen molar-refractivity contribution in [3.63, 3.8) is 0 Å². The number of quaternary nitrogens is 1. The summed E-state index contributed by atoms with van der Waals surface area (Å²) in [6, 6.07) is 9.91. The van der Waals surface area contributed by atoms with Crippen molar-refractivity contribution in [3.05, 3.63) is 35.9 Å². The van der Waals surface area contributed by atoms with Gasteiger partial charge < -0.3 is 9.59 Å². The normalized spacial score (nSPS) is 29.2. The minimum Gasteiger partial charge on any atom is -0.477 e. The Morgan fingerprint density at radius 3 is 2.75 bits per heavy atom. The molecule has 1 unspecified atom stereocenters. The molecule has 0 saturated carbocycles. The molecule has 1 aromatic carbocycles. The van der Waals surface area contributed by atoms with Gasteiger partial charge in [-0.25, -0.2) is 4.79 Å². The van der Waals surface area contributed by atoms with Crippen LogP contribution in [0.2, 0.25) is 0 Å². The summed E-state index contributed by atoms with van der Waals surface area (Å²) in [7, 11) is 2.05. The number of hydrogen-bond acceptors (Lipinski definition) is 1. The first kappa shape index (κ1) is 11.1. The third kappa shape index (κ3) is 2.09. The summed E-state index contributed by atoms with van der Waals surface area (Å²) in [5.74, 6) is -0.657. The first-order chi connectivity index (χ1) is 7.62.